The quantitative estimate of drug-likeness (QED) is 0.848. The van der Waals surface area contributed by atoms with Crippen LogP contribution in [0.4, 0.5) is 0 Å². The topological polar surface area (TPSA) is 15.7 Å². The summed E-state index contributed by atoms with van der Waals surface area (Å²) in [7, 11) is 1.72. The Morgan fingerprint density at radius 2 is 1.86 bits per heavy atom. The van der Waals surface area contributed by atoms with Gasteiger partial charge in [0.1, 0.15) is 5.75 Å². The van der Waals surface area contributed by atoms with E-state index < -0.39 is 0 Å². The maximum Gasteiger partial charge on any atom is 0.118 e. The van der Waals surface area contributed by atoms with Gasteiger partial charge in [0.25, 0.3) is 0 Å². The Hall–Kier alpha value is -1.06. The molecule has 1 aromatic carbocycles. The van der Waals surface area contributed by atoms with Crippen molar-refractivity contribution in [2.45, 2.75) is 45.2 Å². The maximum absolute atomic E-state index is 5.24. The Labute approximate surface area is 135 Å². The molecule has 122 valence electrons. The molecule has 0 spiro atoms. The summed E-state index contributed by atoms with van der Waals surface area (Å²) in [5.74, 6) is 1.88. The Bertz CT molecular complexity index is 459. The van der Waals surface area contributed by atoms with Gasteiger partial charge >= 0.3 is 0 Å². The van der Waals surface area contributed by atoms with Crippen LogP contribution in [0, 0.1) is 5.92 Å². The lowest BCUT2D eigenvalue weighted by molar-refractivity contribution is 0.195. The summed E-state index contributed by atoms with van der Waals surface area (Å²) < 4.78 is 5.24. The lowest BCUT2D eigenvalue weighted by Crippen LogP contribution is -2.37. The normalized spacial score (nSPS) is 27.7. The first-order chi connectivity index (χ1) is 10.7. The second-order valence-corrected chi connectivity index (χ2v) is 7.09. The zero-order valence-corrected chi connectivity index (χ0v) is 14.1. The molecule has 0 aromatic heterocycles. The average molecular weight is 302 g/mol. The molecule has 1 saturated carbocycles. The Morgan fingerprint density at radius 1 is 1.05 bits per heavy atom. The number of nitrogens with zero attached hydrogens (tertiary/aromatic N) is 2. The van der Waals surface area contributed by atoms with Gasteiger partial charge in [-0.05, 0) is 62.4 Å². The second kappa shape index (κ2) is 7.47. The molecule has 2 unspecified atom stereocenters. The third-order valence-electron chi connectivity index (χ3n) is 5.37. The third kappa shape index (κ3) is 4.02. The molecular weight excluding hydrogens is 272 g/mol. The molecule has 2 fully saturated rings. The van der Waals surface area contributed by atoms with Gasteiger partial charge in [0, 0.05) is 25.7 Å². The predicted molar refractivity (Wildman–Crippen MR) is 91.3 cm³/mol. The van der Waals surface area contributed by atoms with Crippen LogP contribution < -0.4 is 4.74 Å². The van der Waals surface area contributed by atoms with E-state index in [-0.39, 0.29) is 0 Å². The number of rotatable bonds is 4. The molecule has 1 aliphatic heterocycles. The van der Waals surface area contributed by atoms with Gasteiger partial charge in [-0.15, -0.1) is 0 Å². The largest absolute Gasteiger partial charge is 0.497 e. The van der Waals surface area contributed by atoms with E-state index in [0.717, 1.165) is 24.3 Å². The highest BCUT2D eigenvalue weighted by Gasteiger charge is 2.28. The molecular formula is C19H30N2O. The Kier molecular flexibility index (Phi) is 5.37. The van der Waals surface area contributed by atoms with Gasteiger partial charge in [-0.3, -0.25) is 9.80 Å². The summed E-state index contributed by atoms with van der Waals surface area (Å²) >= 11 is 0. The van der Waals surface area contributed by atoms with Gasteiger partial charge in [-0.2, -0.15) is 0 Å². The van der Waals surface area contributed by atoms with Crippen molar-refractivity contribution in [3.63, 3.8) is 0 Å². The second-order valence-electron chi connectivity index (χ2n) is 7.09. The van der Waals surface area contributed by atoms with Crippen LogP contribution in [0.2, 0.25) is 0 Å². The van der Waals surface area contributed by atoms with E-state index in [2.05, 4.69) is 41.0 Å². The first-order valence-corrected chi connectivity index (χ1v) is 8.84. The van der Waals surface area contributed by atoms with Crippen LogP contribution in [0.5, 0.6) is 5.75 Å². The van der Waals surface area contributed by atoms with Crippen molar-refractivity contribution in [2.24, 2.45) is 5.92 Å². The van der Waals surface area contributed by atoms with Crippen molar-refractivity contribution >= 4 is 0 Å². The van der Waals surface area contributed by atoms with Gasteiger partial charge in [0.15, 0.2) is 0 Å². The third-order valence-corrected chi connectivity index (χ3v) is 5.37. The summed E-state index contributed by atoms with van der Waals surface area (Å²) in [5.41, 5.74) is 1.39. The highest BCUT2D eigenvalue weighted by Crippen LogP contribution is 2.29. The van der Waals surface area contributed by atoms with E-state index in [1.54, 1.807) is 7.11 Å². The zero-order chi connectivity index (χ0) is 15.4. The highest BCUT2D eigenvalue weighted by atomic mass is 16.5. The average Bonchev–Trinajstić information content (AvgIpc) is 2.83. The van der Waals surface area contributed by atoms with Gasteiger partial charge in [-0.1, -0.05) is 19.1 Å². The summed E-state index contributed by atoms with van der Waals surface area (Å²) in [6.45, 7) is 8.44. The smallest absolute Gasteiger partial charge is 0.118 e. The summed E-state index contributed by atoms with van der Waals surface area (Å²) in [4.78, 5) is 5.37. The van der Waals surface area contributed by atoms with Crippen LogP contribution in [0.3, 0.4) is 0 Å². The molecule has 1 heterocycles. The van der Waals surface area contributed by atoms with E-state index in [0.29, 0.717) is 0 Å². The van der Waals surface area contributed by atoms with E-state index in [1.807, 2.05) is 0 Å². The van der Waals surface area contributed by atoms with Gasteiger partial charge < -0.3 is 4.74 Å². The molecule has 3 heteroatoms. The van der Waals surface area contributed by atoms with Crippen molar-refractivity contribution in [1.82, 2.24) is 9.80 Å². The zero-order valence-electron chi connectivity index (χ0n) is 14.1. The molecule has 0 amide bonds. The van der Waals surface area contributed by atoms with Gasteiger partial charge in [0.05, 0.1) is 7.11 Å². The van der Waals surface area contributed by atoms with Crippen LogP contribution in [0.1, 0.15) is 38.2 Å². The summed E-state index contributed by atoms with van der Waals surface area (Å²) in [6, 6.07) is 9.38. The first kappa shape index (κ1) is 15.8. The lowest BCUT2D eigenvalue weighted by Gasteiger charge is -2.27. The molecule has 0 radical (unpaired) electrons. The fourth-order valence-electron chi connectivity index (χ4n) is 4.01. The number of methoxy groups -OCH3 is 1. The molecule has 1 aliphatic carbocycles. The molecule has 1 aromatic rings. The number of benzene rings is 1. The lowest BCUT2D eigenvalue weighted by atomic mass is 10.1. The van der Waals surface area contributed by atoms with E-state index in [1.165, 1.54) is 57.4 Å². The van der Waals surface area contributed by atoms with E-state index >= 15 is 0 Å². The molecule has 1 saturated heterocycles. The molecule has 22 heavy (non-hydrogen) atoms. The van der Waals surface area contributed by atoms with Crippen molar-refractivity contribution in [1.29, 1.82) is 0 Å². The molecule has 3 nitrogen and oxygen atoms in total. The summed E-state index contributed by atoms with van der Waals surface area (Å²) in [5, 5.41) is 0. The van der Waals surface area contributed by atoms with Crippen molar-refractivity contribution < 1.29 is 4.74 Å². The Balaban J connectivity index is 1.51. The maximum atomic E-state index is 5.24. The fourth-order valence-corrected chi connectivity index (χ4v) is 4.01. The summed E-state index contributed by atoms with van der Waals surface area (Å²) in [6.07, 6.45) is 5.57. The molecule has 2 atom stereocenters. The molecule has 2 aliphatic rings. The minimum atomic E-state index is 0.857. The number of hydrogen-bond acceptors (Lipinski definition) is 3. The van der Waals surface area contributed by atoms with Crippen LogP contribution >= 0.6 is 0 Å². The van der Waals surface area contributed by atoms with Crippen molar-refractivity contribution in [3.8, 4) is 5.75 Å². The minimum absolute atomic E-state index is 0.857. The monoisotopic (exact) mass is 302 g/mol. The van der Waals surface area contributed by atoms with Crippen LogP contribution in [-0.2, 0) is 6.54 Å². The first-order valence-electron chi connectivity index (χ1n) is 8.84. The highest BCUT2D eigenvalue weighted by molar-refractivity contribution is 5.27. The fraction of sp³-hybridized carbons (Fsp3) is 0.684. The van der Waals surface area contributed by atoms with Gasteiger partial charge in [0.2, 0.25) is 0 Å². The SMILES string of the molecule is COc1ccc(CN2CCCN(C3CCC(C)C3)CC2)cc1. The van der Waals surface area contributed by atoms with Crippen LogP contribution in [0.15, 0.2) is 24.3 Å². The van der Waals surface area contributed by atoms with E-state index in [9.17, 15) is 0 Å². The standard InChI is InChI=1S/C19H30N2O/c1-16-4-7-18(14-16)21-11-3-10-20(12-13-21)15-17-5-8-19(22-2)9-6-17/h5-6,8-9,16,18H,3-4,7,10-15H2,1-2H3. The molecule has 0 N–H and O–H groups in total. The minimum Gasteiger partial charge on any atom is -0.497 e. The van der Waals surface area contributed by atoms with Crippen molar-refractivity contribution in [2.75, 3.05) is 33.3 Å². The number of ether oxygens (including phenoxy) is 1. The van der Waals surface area contributed by atoms with Crippen LogP contribution in [-0.4, -0.2) is 49.1 Å². The van der Waals surface area contributed by atoms with Crippen LogP contribution in [0.25, 0.3) is 0 Å². The molecule has 3 rings (SSSR count). The van der Waals surface area contributed by atoms with Crippen molar-refractivity contribution in [3.05, 3.63) is 29.8 Å². The molecule has 0 bridgehead atoms. The van der Waals surface area contributed by atoms with E-state index in [4.69, 9.17) is 4.74 Å². The predicted octanol–water partition coefficient (Wildman–Crippen LogP) is 3.39. The number of hydrogen-bond donors (Lipinski definition) is 0. The van der Waals surface area contributed by atoms with Gasteiger partial charge in [-0.25, -0.2) is 0 Å². The Morgan fingerprint density at radius 3 is 2.55 bits per heavy atom.